The summed E-state index contributed by atoms with van der Waals surface area (Å²) in [6.45, 7) is 1.57. The van der Waals surface area contributed by atoms with E-state index in [0.29, 0.717) is 5.56 Å². The van der Waals surface area contributed by atoms with E-state index in [4.69, 9.17) is 10.2 Å². The summed E-state index contributed by atoms with van der Waals surface area (Å²) in [6, 6.07) is 8.80. The molecule has 6 heteroatoms. The Hall–Kier alpha value is 0.796. The Morgan fingerprint density at radius 1 is 1.17 bits per heavy atom. The van der Waals surface area contributed by atoms with E-state index in [0.717, 1.165) is 0 Å². The van der Waals surface area contributed by atoms with Gasteiger partial charge in [0.25, 0.3) is 0 Å². The molecule has 0 amide bonds. The average Bonchev–Trinajstić information content (AvgIpc) is 2.26. The van der Waals surface area contributed by atoms with Crippen molar-refractivity contribution >= 4 is 11.9 Å². The number of benzene rings is 1. The molecule has 4 nitrogen and oxygen atoms in total. The van der Waals surface area contributed by atoms with Crippen molar-refractivity contribution in [3.8, 4) is 0 Å². The first kappa shape index (κ1) is 21.1. The molecule has 0 aliphatic heterocycles. The van der Waals surface area contributed by atoms with Gasteiger partial charge in [0.05, 0.1) is 0 Å². The van der Waals surface area contributed by atoms with Gasteiger partial charge in [-0.05, 0) is 18.4 Å². The molecule has 0 aliphatic carbocycles. The number of hydrogen-bond donors (Lipinski definition) is 2. The summed E-state index contributed by atoms with van der Waals surface area (Å²) >= 11 is 0. The fraction of sp³-hybridized carbons (Fsp3) is 0.333. The van der Waals surface area contributed by atoms with Crippen LogP contribution in [0.1, 0.15) is 21.8 Å². The molecule has 1 rings (SSSR count). The van der Waals surface area contributed by atoms with Gasteiger partial charge in [0, 0.05) is 0 Å². The van der Waals surface area contributed by atoms with Crippen molar-refractivity contribution in [1.29, 1.82) is 0 Å². The van der Waals surface area contributed by atoms with Gasteiger partial charge < -0.3 is 13.1 Å². The van der Waals surface area contributed by atoms with Crippen LogP contribution in [0.2, 0.25) is 0 Å². The summed E-state index contributed by atoms with van der Waals surface area (Å²) in [5.41, 5.74) is -1.00. The van der Waals surface area contributed by atoms with E-state index in [1.165, 1.54) is 0 Å². The Morgan fingerprint density at radius 2 is 1.61 bits per heavy atom. The number of carboxylic acids is 2. The monoisotopic (exact) mass is 286 g/mol. The van der Waals surface area contributed by atoms with Crippen LogP contribution in [-0.2, 0) is 16.0 Å². The molecule has 0 spiro atoms. The molecule has 0 aromatic heterocycles. The number of carboxylic acid groups (broad SMARTS) is 2. The average molecular weight is 286 g/mol. The molecule has 0 bridgehead atoms. The third-order valence-corrected chi connectivity index (χ3v) is 2.77. The second kappa shape index (κ2) is 9.66. The number of aliphatic carboxylic acids is 2. The SMILES string of the molecule is CCC(Cc1ccccc1)(C(=O)O)C(=O)O.[H-].[H-].[K+].[Na+]. The zero-order valence-electron chi connectivity index (χ0n) is 13.0. The maximum Gasteiger partial charge on any atom is 1.00 e. The van der Waals surface area contributed by atoms with Crippen LogP contribution in [0.15, 0.2) is 30.3 Å². The Kier molecular flexibility index (Phi) is 11.3. The van der Waals surface area contributed by atoms with Crippen LogP contribution < -0.4 is 80.9 Å². The van der Waals surface area contributed by atoms with Gasteiger partial charge in [-0.2, -0.15) is 0 Å². The van der Waals surface area contributed by atoms with E-state index in [2.05, 4.69) is 0 Å². The fourth-order valence-corrected chi connectivity index (χ4v) is 1.61. The van der Waals surface area contributed by atoms with Crippen LogP contribution in [-0.4, -0.2) is 22.2 Å². The minimum Gasteiger partial charge on any atom is -1.00 e. The van der Waals surface area contributed by atoms with E-state index in [9.17, 15) is 9.59 Å². The molecule has 90 valence electrons. The predicted octanol–water partition coefficient (Wildman–Crippen LogP) is -3.97. The zero-order valence-corrected chi connectivity index (χ0v) is 16.1. The molecular formula is C12H16KNaO4. The Morgan fingerprint density at radius 3 is 1.94 bits per heavy atom. The normalized spacial score (nSPS) is 9.83. The molecule has 1 aromatic carbocycles. The number of hydrogen-bond acceptors (Lipinski definition) is 2. The quantitative estimate of drug-likeness (QED) is 0.428. The third kappa shape index (κ3) is 5.05. The smallest absolute Gasteiger partial charge is 1.00 e. The summed E-state index contributed by atoms with van der Waals surface area (Å²) in [7, 11) is 0. The molecule has 0 aliphatic rings. The maximum absolute atomic E-state index is 11.1. The standard InChI is InChI=1S/C12H14O4.K.Na.2H/c1-2-12(10(13)14,11(15)16)8-9-6-4-3-5-7-9;;;;/h3-7H,2,8H2,1H3,(H,13,14)(H,15,16);;;;/q;2*+1;2*-1. The van der Waals surface area contributed by atoms with E-state index in [1.807, 2.05) is 0 Å². The van der Waals surface area contributed by atoms with Gasteiger partial charge in [-0.1, -0.05) is 37.3 Å². The molecule has 0 unspecified atom stereocenters. The minimum atomic E-state index is -1.72. The first-order valence-corrected chi connectivity index (χ1v) is 5.03. The van der Waals surface area contributed by atoms with Crippen LogP contribution in [0, 0.1) is 5.41 Å². The second-order valence-electron chi connectivity index (χ2n) is 3.71. The van der Waals surface area contributed by atoms with Crippen molar-refractivity contribution < 1.29 is 104 Å². The molecule has 0 radical (unpaired) electrons. The molecule has 0 atom stereocenters. The van der Waals surface area contributed by atoms with Gasteiger partial charge in [0.2, 0.25) is 0 Å². The Balaban J connectivity index is -0.000000320. The first-order chi connectivity index (χ1) is 7.53. The van der Waals surface area contributed by atoms with Crippen LogP contribution >= 0.6 is 0 Å². The van der Waals surface area contributed by atoms with E-state index in [1.54, 1.807) is 37.3 Å². The van der Waals surface area contributed by atoms with Crippen molar-refractivity contribution in [3.63, 3.8) is 0 Å². The Labute approximate surface area is 174 Å². The van der Waals surface area contributed by atoms with Crippen LogP contribution in [0.5, 0.6) is 0 Å². The van der Waals surface area contributed by atoms with Gasteiger partial charge in [0.1, 0.15) is 0 Å². The van der Waals surface area contributed by atoms with Crippen molar-refractivity contribution in [2.45, 2.75) is 19.8 Å². The largest absolute Gasteiger partial charge is 1.00 e. The van der Waals surface area contributed by atoms with Crippen LogP contribution in [0.25, 0.3) is 0 Å². The summed E-state index contributed by atoms with van der Waals surface area (Å²) in [5, 5.41) is 18.1. The Bertz CT molecular complexity index is 390. The topological polar surface area (TPSA) is 74.6 Å². The van der Waals surface area contributed by atoms with Crippen LogP contribution in [0.3, 0.4) is 0 Å². The van der Waals surface area contributed by atoms with Gasteiger partial charge in [-0.25, -0.2) is 0 Å². The van der Waals surface area contributed by atoms with E-state index >= 15 is 0 Å². The molecule has 18 heavy (non-hydrogen) atoms. The van der Waals surface area contributed by atoms with Gasteiger partial charge in [-0.15, -0.1) is 0 Å². The molecule has 0 saturated carbocycles. The van der Waals surface area contributed by atoms with E-state index in [-0.39, 0.29) is 96.6 Å². The fourth-order valence-electron chi connectivity index (χ4n) is 1.61. The second-order valence-corrected chi connectivity index (χ2v) is 3.71. The van der Waals surface area contributed by atoms with E-state index < -0.39 is 17.4 Å². The molecular weight excluding hydrogens is 270 g/mol. The summed E-state index contributed by atoms with van der Waals surface area (Å²) in [4.78, 5) is 22.2. The maximum atomic E-state index is 11.1. The first-order valence-electron chi connectivity index (χ1n) is 5.03. The summed E-state index contributed by atoms with van der Waals surface area (Å²) in [6.07, 6.45) is 0.0710. The van der Waals surface area contributed by atoms with Crippen molar-refractivity contribution in [3.05, 3.63) is 35.9 Å². The van der Waals surface area contributed by atoms with Gasteiger partial charge >= 0.3 is 92.9 Å². The molecule has 2 N–H and O–H groups in total. The zero-order chi connectivity index (χ0) is 12.2. The summed E-state index contributed by atoms with van der Waals surface area (Å²) < 4.78 is 0. The molecule has 0 saturated heterocycles. The minimum absolute atomic E-state index is 0. The number of rotatable bonds is 5. The summed E-state index contributed by atoms with van der Waals surface area (Å²) in [5.74, 6) is -2.57. The third-order valence-electron chi connectivity index (χ3n) is 2.77. The van der Waals surface area contributed by atoms with Crippen molar-refractivity contribution in [1.82, 2.24) is 0 Å². The van der Waals surface area contributed by atoms with Crippen molar-refractivity contribution in [2.24, 2.45) is 5.41 Å². The molecule has 1 aromatic rings. The number of carbonyl (C=O) groups is 2. The van der Waals surface area contributed by atoms with Gasteiger partial charge in [-0.3, -0.25) is 9.59 Å². The molecule has 0 fully saturated rings. The predicted molar refractivity (Wildman–Crippen MR) is 60.4 cm³/mol. The van der Waals surface area contributed by atoms with Gasteiger partial charge in [0.15, 0.2) is 5.41 Å². The van der Waals surface area contributed by atoms with Crippen molar-refractivity contribution in [2.75, 3.05) is 0 Å². The molecule has 0 heterocycles. The van der Waals surface area contributed by atoms with Crippen LogP contribution in [0.4, 0.5) is 0 Å².